The largest absolute Gasteiger partial charge is 0.314 e. The van der Waals surface area contributed by atoms with E-state index in [9.17, 15) is 0 Å². The average molecular weight is 209 g/mol. The van der Waals surface area contributed by atoms with Crippen molar-refractivity contribution in [2.24, 2.45) is 17.8 Å². The molecule has 1 saturated carbocycles. The number of hydrogen-bond acceptors (Lipinski definition) is 1. The standard InChI is InChI=1S/C14H27N/c1-11-7-8-13(10-12(11)2)14-6-4-3-5-9-15-14/h11-15H,3-10H2,1-2H3. The third-order valence-corrected chi connectivity index (χ3v) is 4.81. The highest BCUT2D eigenvalue weighted by Crippen LogP contribution is 2.36. The molecule has 1 nitrogen and oxygen atoms in total. The summed E-state index contributed by atoms with van der Waals surface area (Å²) in [4.78, 5) is 0. The van der Waals surface area contributed by atoms with E-state index in [0.29, 0.717) is 0 Å². The smallest absolute Gasteiger partial charge is 0.00954 e. The van der Waals surface area contributed by atoms with Crippen LogP contribution in [0.25, 0.3) is 0 Å². The number of rotatable bonds is 1. The Morgan fingerprint density at radius 1 is 0.867 bits per heavy atom. The SMILES string of the molecule is CC1CCC(C2CCCCCN2)CC1C. The van der Waals surface area contributed by atoms with Gasteiger partial charge in [0.1, 0.15) is 0 Å². The van der Waals surface area contributed by atoms with Crippen molar-refractivity contribution in [2.75, 3.05) is 6.54 Å². The summed E-state index contributed by atoms with van der Waals surface area (Å²) in [7, 11) is 0. The van der Waals surface area contributed by atoms with Gasteiger partial charge in [0.05, 0.1) is 0 Å². The van der Waals surface area contributed by atoms with Crippen molar-refractivity contribution in [2.45, 2.75) is 64.8 Å². The molecule has 15 heavy (non-hydrogen) atoms. The van der Waals surface area contributed by atoms with Crippen LogP contribution < -0.4 is 5.32 Å². The van der Waals surface area contributed by atoms with E-state index in [4.69, 9.17) is 0 Å². The van der Waals surface area contributed by atoms with E-state index in [2.05, 4.69) is 19.2 Å². The highest BCUT2D eigenvalue weighted by atomic mass is 14.9. The van der Waals surface area contributed by atoms with Crippen LogP contribution in [0.15, 0.2) is 0 Å². The number of nitrogens with one attached hydrogen (secondary N) is 1. The molecule has 1 N–H and O–H groups in total. The summed E-state index contributed by atoms with van der Waals surface area (Å²) < 4.78 is 0. The predicted octanol–water partition coefficient (Wildman–Crippen LogP) is 3.59. The molecule has 4 atom stereocenters. The van der Waals surface area contributed by atoms with Crippen molar-refractivity contribution in [3.05, 3.63) is 0 Å². The van der Waals surface area contributed by atoms with Crippen LogP contribution in [0.1, 0.15) is 58.8 Å². The Labute approximate surface area is 95.0 Å². The predicted molar refractivity (Wildman–Crippen MR) is 65.9 cm³/mol. The minimum atomic E-state index is 0.849. The Morgan fingerprint density at radius 2 is 1.73 bits per heavy atom. The average Bonchev–Trinajstić information content (AvgIpc) is 2.50. The second kappa shape index (κ2) is 5.34. The summed E-state index contributed by atoms with van der Waals surface area (Å²) >= 11 is 0. The van der Waals surface area contributed by atoms with E-state index in [-0.39, 0.29) is 0 Å². The lowest BCUT2D eigenvalue weighted by Gasteiger charge is -2.36. The van der Waals surface area contributed by atoms with Crippen LogP contribution >= 0.6 is 0 Å². The van der Waals surface area contributed by atoms with E-state index in [1.807, 2.05) is 0 Å². The van der Waals surface area contributed by atoms with Crippen molar-refractivity contribution in [3.8, 4) is 0 Å². The van der Waals surface area contributed by atoms with Crippen molar-refractivity contribution >= 4 is 0 Å². The van der Waals surface area contributed by atoms with Gasteiger partial charge in [0, 0.05) is 6.04 Å². The molecule has 1 aliphatic heterocycles. The monoisotopic (exact) mass is 209 g/mol. The Hall–Kier alpha value is -0.0400. The first-order chi connectivity index (χ1) is 7.27. The number of hydrogen-bond donors (Lipinski definition) is 1. The molecule has 0 radical (unpaired) electrons. The fraction of sp³-hybridized carbons (Fsp3) is 1.00. The third kappa shape index (κ3) is 2.96. The molecule has 1 saturated heterocycles. The van der Waals surface area contributed by atoms with Crippen LogP contribution in [0.4, 0.5) is 0 Å². The summed E-state index contributed by atoms with van der Waals surface area (Å²) in [6.07, 6.45) is 10.1. The molecular formula is C14H27N. The van der Waals surface area contributed by atoms with Crippen LogP contribution in [-0.4, -0.2) is 12.6 Å². The summed E-state index contributed by atoms with van der Waals surface area (Å²) in [6.45, 7) is 6.15. The first-order valence-electron chi connectivity index (χ1n) is 7.00. The molecule has 88 valence electrons. The van der Waals surface area contributed by atoms with Crippen LogP contribution in [0.5, 0.6) is 0 Å². The van der Waals surface area contributed by atoms with E-state index in [1.54, 1.807) is 0 Å². The van der Waals surface area contributed by atoms with E-state index >= 15 is 0 Å². The van der Waals surface area contributed by atoms with Crippen LogP contribution in [0.2, 0.25) is 0 Å². The van der Waals surface area contributed by atoms with Gasteiger partial charge in [-0.3, -0.25) is 0 Å². The topological polar surface area (TPSA) is 12.0 Å². The van der Waals surface area contributed by atoms with Crippen LogP contribution in [0.3, 0.4) is 0 Å². The maximum absolute atomic E-state index is 3.79. The van der Waals surface area contributed by atoms with Gasteiger partial charge < -0.3 is 5.32 Å². The Kier molecular flexibility index (Phi) is 4.07. The highest BCUT2D eigenvalue weighted by Gasteiger charge is 2.29. The molecule has 1 aliphatic carbocycles. The van der Waals surface area contributed by atoms with Gasteiger partial charge in [0.15, 0.2) is 0 Å². The highest BCUT2D eigenvalue weighted by molar-refractivity contribution is 4.84. The summed E-state index contributed by atoms with van der Waals surface area (Å²) in [5.74, 6) is 2.90. The van der Waals surface area contributed by atoms with Gasteiger partial charge in [0.2, 0.25) is 0 Å². The lowest BCUT2D eigenvalue weighted by Crippen LogP contribution is -2.39. The Bertz CT molecular complexity index is 182. The molecule has 0 amide bonds. The Balaban J connectivity index is 1.86. The zero-order valence-electron chi connectivity index (χ0n) is 10.5. The molecule has 0 bridgehead atoms. The van der Waals surface area contributed by atoms with Gasteiger partial charge >= 0.3 is 0 Å². The van der Waals surface area contributed by atoms with Gasteiger partial charge in [-0.2, -0.15) is 0 Å². The lowest BCUT2D eigenvalue weighted by atomic mass is 9.72. The van der Waals surface area contributed by atoms with Crippen molar-refractivity contribution in [1.82, 2.24) is 5.32 Å². The summed E-state index contributed by atoms with van der Waals surface area (Å²) in [5, 5.41) is 3.79. The molecule has 0 spiro atoms. The van der Waals surface area contributed by atoms with E-state index in [0.717, 1.165) is 23.8 Å². The van der Waals surface area contributed by atoms with Gasteiger partial charge in [-0.1, -0.05) is 33.1 Å². The van der Waals surface area contributed by atoms with Crippen LogP contribution in [0, 0.1) is 17.8 Å². The molecule has 2 rings (SSSR count). The summed E-state index contributed by atoms with van der Waals surface area (Å²) in [6, 6.07) is 0.849. The molecule has 1 heteroatoms. The maximum Gasteiger partial charge on any atom is 0.00954 e. The molecule has 1 heterocycles. The quantitative estimate of drug-likeness (QED) is 0.696. The molecular weight excluding hydrogens is 182 g/mol. The molecule has 2 fully saturated rings. The first-order valence-corrected chi connectivity index (χ1v) is 7.00. The minimum Gasteiger partial charge on any atom is -0.314 e. The van der Waals surface area contributed by atoms with Crippen LogP contribution in [-0.2, 0) is 0 Å². The molecule has 4 unspecified atom stereocenters. The van der Waals surface area contributed by atoms with Crippen molar-refractivity contribution in [3.63, 3.8) is 0 Å². The maximum atomic E-state index is 3.79. The van der Waals surface area contributed by atoms with Gasteiger partial charge in [-0.15, -0.1) is 0 Å². The summed E-state index contributed by atoms with van der Waals surface area (Å²) in [5.41, 5.74) is 0. The molecule has 0 aromatic rings. The van der Waals surface area contributed by atoms with Crippen molar-refractivity contribution in [1.29, 1.82) is 0 Å². The van der Waals surface area contributed by atoms with Gasteiger partial charge in [0.25, 0.3) is 0 Å². The molecule has 0 aromatic carbocycles. The Morgan fingerprint density at radius 3 is 2.53 bits per heavy atom. The molecule has 0 aromatic heterocycles. The van der Waals surface area contributed by atoms with E-state index in [1.165, 1.54) is 51.5 Å². The second-order valence-corrected chi connectivity index (χ2v) is 5.94. The minimum absolute atomic E-state index is 0.849. The second-order valence-electron chi connectivity index (χ2n) is 5.94. The van der Waals surface area contributed by atoms with Gasteiger partial charge in [-0.05, 0) is 50.0 Å². The third-order valence-electron chi connectivity index (χ3n) is 4.81. The fourth-order valence-corrected chi connectivity index (χ4v) is 3.41. The fourth-order valence-electron chi connectivity index (χ4n) is 3.41. The van der Waals surface area contributed by atoms with Crippen molar-refractivity contribution < 1.29 is 0 Å². The zero-order chi connectivity index (χ0) is 10.7. The van der Waals surface area contributed by atoms with E-state index < -0.39 is 0 Å². The van der Waals surface area contributed by atoms with Gasteiger partial charge in [-0.25, -0.2) is 0 Å². The lowest BCUT2D eigenvalue weighted by molar-refractivity contribution is 0.168. The normalized spacial score (nSPS) is 43.6. The zero-order valence-corrected chi connectivity index (χ0v) is 10.5. The molecule has 2 aliphatic rings. The first kappa shape index (κ1) is 11.4.